The second-order valence-electron chi connectivity index (χ2n) is 4.17. The number of ether oxygens (including phenoxy) is 1. The molecule has 0 aliphatic carbocycles. The van der Waals surface area contributed by atoms with Gasteiger partial charge in [0.25, 0.3) is 6.47 Å². The Kier molecular flexibility index (Phi) is 3.04. The molecule has 0 spiro atoms. The third-order valence-corrected chi connectivity index (χ3v) is 2.85. The standard InChI is InChI=1S/C13H16N2O2/c1-10(17-9-16)12-8-15(14(2)3)13-7-5-4-6-11(12)13/h4-10H,1-3H3. The van der Waals surface area contributed by atoms with Crippen LogP contribution >= 0.6 is 0 Å². The van der Waals surface area contributed by atoms with Gasteiger partial charge in [0.1, 0.15) is 6.10 Å². The third kappa shape index (κ3) is 1.98. The van der Waals surface area contributed by atoms with Crippen LogP contribution in [-0.4, -0.2) is 25.2 Å². The molecule has 1 atom stereocenters. The molecule has 0 saturated carbocycles. The van der Waals surface area contributed by atoms with Gasteiger partial charge >= 0.3 is 0 Å². The maximum atomic E-state index is 10.4. The molecule has 1 heterocycles. The van der Waals surface area contributed by atoms with Crippen LogP contribution in [0, 0.1) is 0 Å². The van der Waals surface area contributed by atoms with Crippen molar-refractivity contribution in [1.29, 1.82) is 0 Å². The van der Waals surface area contributed by atoms with Gasteiger partial charge in [-0.2, -0.15) is 0 Å². The Bertz CT molecular complexity index is 531. The van der Waals surface area contributed by atoms with Gasteiger partial charge in [-0.15, -0.1) is 0 Å². The summed E-state index contributed by atoms with van der Waals surface area (Å²) in [4.78, 5) is 10.4. The fourth-order valence-corrected chi connectivity index (χ4v) is 2.00. The molecule has 90 valence electrons. The van der Waals surface area contributed by atoms with Crippen molar-refractivity contribution in [2.45, 2.75) is 13.0 Å². The van der Waals surface area contributed by atoms with E-state index in [2.05, 4.69) is 0 Å². The average Bonchev–Trinajstić information content (AvgIpc) is 2.69. The lowest BCUT2D eigenvalue weighted by molar-refractivity contribution is -0.133. The Morgan fingerprint density at radius 1 is 1.35 bits per heavy atom. The van der Waals surface area contributed by atoms with E-state index in [-0.39, 0.29) is 6.10 Å². The van der Waals surface area contributed by atoms with Crippen molar-refractivity contribution >= 4 is 17.4 Å². The van der Waals surface area contributed by atoms with E-state index < -0.39 is 0 Å². The SMILES string of the molecule is CC(OC=O)c1cn(N(C)C)c2ccccc12. The first-order valence-corrected chi connectivity index (χ1v) is 5.52. The molecule has 0 fully saturated rings. The number of carbonyl (C=O) groups excluding carboxylic acids is 1. The number of rotatable bonds is 4. The van der Waals surface area contributed by atoms with Gasteiger partial charge in [0.2, 0.25) is 0 Å². The van der Waals surface area contributed by atoms with Crippen molar-refractivity contribution in [2.75, 3.05) is 19.1 Å². The van der Waals surface area contributed by atoms with Crippen molar-refractivity contribution in [1.82, 2.24) is 4.68 Å². The lowest BCUT2D eigenvalue weighted by Gasteiger charge is -2.15. The van der Waals surface area contributed by atoms with Crippen molar-refractivity contribution < 1.29 is 9.53 Å². The molecular weight excluding hydrogens is 216 g/mol. The molecule has 2 rings (SSSR count). The molecule has 1 aromatic heterocycles. The van der Waals surface area contributed by atoms with Crippen LogP contribution in [0.2, 0.25) is 0 Å². The Hall–Kier alpha value is -1.97. The fourth-order valence-electron chi connectivity index (χ4n) is 2.00. The van der Waals surface area contributed by atoms with Crippen LogP contribution in [-0.2, 0) is 9.53 Å². The van der Waals surface area contributed by atoms with E-state index in [0.29, 0.717) is 6.47 Å². The van der Waals surface area contributed by atoms with Gasteiger partial charge < -0.3 is 9.75 Å². The van der Waals surface area contributed by atoms with E-state index in [9.17, 15) is 4.79 Å². The minimum atomic E-state index is -0.237. The van der Waals surface area contributed by atoms with E-state index >= 15 is 0 Å². The van der Waals surface area contributed by atoms with Crippen LogP contribution in [0.15, 0.2) is 30.5 Å². The summed E-state index contributed by atoms with van der Waals surface area (Å²) in [6.07, 6.45) is 1.76. The van der Waals surface area contributed by atoms with Gasteiger partial charge in [0.05, 0.1) is 5.52 Å². The van der Waals surface area contributed by atoms with Crippen molar-refractivity contribution in [3.05, 3.63) is 36.0 Å². The second-order valence-corrected chi connectivity index (χ2v) is 4.17. The van der Waals surface area contributed by atoms with Crippen molar-refractivity contribution in [3.63, 3.8) is 0 Å². The lowest BCUT2D eigenvalue weighted by atomic mass is 10.1. The highest BCUT2D eigenvalue weighted by atomic mass is 16.5. The van der Waals surface area contributed by atoms with E-state index in [1.807, 2.05) is 61.2 Å². The summed E-state index contributed by atoms with van der Waals surface area (Å²) >= 11 is 0. The molecule has 0 aliphatic rings. The molecule has 0 amide bonds. The first-order chi connectivity index (χ1) is 8.15. The summed E-state index contributed by atoms with van der Waals surface area (Å²) in [5.41, 5.74) is 2.12. The Labute approximate surface area is 100 Å². The molecule has 0 aliphatic heterocycles. The van der Waals surface area contributed by atoms with Gasteiger partial charge in [-0.1, -0.05) is 18.2 Å². The Balaban J connectivity index is 2.60. The highest BCUT2D eigenvalue weighted by Crippen LogP contribution is 2.27. The summed E-state index contributed by atoms with van der Waals surface area (Å²) in [5, 5.41) is 3.09. The predicted molar refractivity (Wildman–Crippen MR) is 67.6 cm³/mol. The minimum absolute atomic E-state index is 0.237. The zero-order chi connectivity index (χ0) is 12.4. The minimum Gasteiger partial charge on any atom is -0.460 e. The highest BCUT2D eigenvalue weighted by molar-refractivity contribution is 5.84. The quantitative estimate of drug-likeness (QED) is 0.757. The molecule has 2 aromatic rings. The maximum Gasteiger partial charge on any atom is 0.293 e. The van der Waals surface area contributed by atoms with Gasteiger partial charge in [-0.3, -0.25) is 9.47 Å². The van der Waals surface area contributed by atoms with E-state index in [1.165, 1.54) is 0 Å². The molecule has 0 radical (unpaired) electrons. The van der Waals surface area contributed by atoms with Crippen LogP contribution in [0.4, 0.5) is 0 Å². The highest BCUT2D eigenvalue weighted by Gasteiger charge is 2.15. The maximum absolute atomic E-state index is 10.4. The van der Waals surface area contributed by atoms with Crippen LogP contribution in [0.5, 0.6) is 0 Å². The predicted octanol–water partition coefficient (Wildman–Crippen LogP) is 2.07. The Morgan fingerprint density at radius 3 is 2.71 bits per heavy atom. The summed E-state index contributed by atoms with van der Waals surface area (Å²) in [6.45, 7) is 2.36. The van der Waals surface area contributed by atoms with Gasteiger partial charge in [0.15, 0.2) is 0 Å². The van der Waals surface area contributed by atoms with Gasteiger partial charge in [-0.25, -0.2) is 0 Å². The van der Waals surface area contributed by atoms with Gasteiger partial charge in [-0.05, 0) is 13.0 Å². The first kappa shape index (κ1) is 11.5. The van der Waals surface area contributed by atoms with Crippen LogP contribution in [0.1, 0.15) is 18.6 Å². The van der Waals surface area contributed by atoms with Crippen molar-refractivity contribution in [3.8, 4) is 0 Å². The van der Waals surface area contributed by atoms with Crippen LogP contribution in [0.25, 0.3) is 10.9 Å². The molecule has 1 aromatic carbocycles. The molecule has 4 nitrogen and oxygen atoms in total. The fraction of sp³-hybridized carbons (Fsp3) is 0.308. The second kappa shape index (κ2) is 4.49. The zero-order valence-electron chi connectivity index (χ0n) is 10.3. The number of carbonyl (C=O) groups is 1. The number of nitrogens with zero attached hydrogens (tertiary/aromatic N) is 2. The average molecular weight is 232 g/mol. The molecule has 1 unspecified atom stereocenters. The summed E-state index contributed by atoms with van der Waals surface area (Å²) in [7, 11) is 3.95. The topological polar surface area (TPSA) is 34.5 Å². The largest absolute Gasteiger partial charge is 0.460 e. The molecule has 4 heteroatoms. The number of hydrogen-bond acceptors (Lipinski definition) is 3. The third-order valence-electron chi connectivity index (χ3n) is 2.85. The molecule has 0 bridgehead atoms. The smallest absolute Gasteiger partial charge is 0.293 e. The molecule has 17 heavy (non-hydrogen) atoms. The number of hydrogen-bond donors (Lipinski definition) is 0. The van der Waals surface area contributed by atoms with Crippen molar-refractivity contribution in [2.24, 2.45) is 0 Å². The zero-order valence-corrected chi connectivity index (χ0v) is 10.3. The summed E-state index contributed by atoms with van der Waals surface area (Å²) < 4.78 is 7.05. The first-order valence-electron chi connectivity index (χ1n) is 5.52. The number of benzene rings is 1. The summed E-state index contributed by atoms with van der Waals surface area (Å²) in [6, 6.07) is 8.07. The molecule has 0 N–H and O–H groups in total. The summed E-state index contributed by atoms with van der Waals surface area (Å²) in [5.74, 6) is 0. The van der Waals surface area contributed by atoms with E-state index in [0.717, 1.165) is 16.5 Å². The van der Waals surface area contributed by atoms with Crippen LogP contribution < -0.4 is 5.01 Å². The van der Waals surface area contributed by atoms with E-state index in [4.69, 9.17) is 4.74 Å². The number of aromatic nitrogens is 1. The number of para-hydroxylation sites is 1. The lowest BCUT2D eigenvalue weighted by Crippen LogP contribution is -2.23. The van der Waals surface area contributed by atoms with Gasteiger partial charge in [0, 0.05) is 31.2 Å². The number of fused-ring (bicyclic) bond motifs is 1. The van der Waals surface area contributed by atoms with Crippen LogP contribution in [0.3, 0.4) is 0 Å². The monoisotopic (exact) mass is 232 g/mol. The molecular formula is C13H16N2O2. The Morgan fingerprint density at radius 2 is 2.06 bits per heavy atom. The molecule has 0 saturated heterocycles. The van der Waals surface area contributed by atoms with E-state index in [1.54, 1.807) is 0 Å². The normalized spacial score (nSPS) is 12.4.